The molecule has 5 nitrogen and oxygen atoms in total. The molecule has 19 heavy (non-hydrogen) atoms. The Labute approximate surface area is 111 Å². The van der Waals surface area contributed by atoms with Crippen molar-refractivity contribution in [3.8, 4) is 0 Å². The number of carbonyl (C=O) groups is 1. The smallest absolute Gasteiger partial charge is 0.243 e. The summed E-state index contributed by atoms with van der Waals surface area (Å²) in [5.41, 5.74) is 1.10. The molecule has 0 saturated heterocycles. The van der Waals surface area contributed by atoms with E-state index in [2.05, 4.69) is 22.0 Å². The van der Waals surface area contributed by atoms with Crippen LogP contribution in [0.15, 0.2) is 47.5 Å². The largest absolute Gasteiger partial charge is 0.343 e. The standard InChI is InChI=1S/C14H15N3O2/c1-3-12(18)15-10(2)14-16-13(19-17-14)9-11-7-5-4-6-8-11/h3-8,10H,1,9H2,2H3,(H,15,18). The van der Waals surface area contributed by atoms with Crippen LogP contribution in [-0.4, -0.2) is 16.0 Å². The molecule has 0 bridgehead atoms. The van der Waals surface area contributed by atoms with E-state index in [1.54, 1.807) is 6.92 Å². The number of hydrogen-bond donors (Lipinski definition) is 1. The molecule has 0 aliphatic rings. The second-order valence-electron chi connectivity index (χ2n) is 4.14. The van der Waals surface area contributed by atoms with E-state index in [-0.39, 0.29) is 11.9 Å². The van der Waals surface area contributed by atoms with Gasteiger partial charge in [-0.15, -0.1) is 0 Å². The number of nitrogens with one attached hydrogen (secondary N) is 1. The number of carbonyl (C=O) groups excluding carboxylic acids is 1. The monoisotopic (exact) mass is 257 g/mol. The van der Waals surface area contributed by atoms with Gasteiger partial charge >= 0.3 is 0 Å². The van der Waals surface area contributed by atoms with Gasteiger partial charge < -0.3 is 9.84 Å². The summed E-state index contributed by atoms with van der Waals surface area (Å²) in [6, 6.07) is 9.55. The third-order valence-electron chi connectivity index (χ3n) is 2.61. The zero-order chi connectivity index (χ0) is 13.7. The van der Waals surface area contributed by atoms with Gasteiger partial charge in [-0.25, -0.2) is 0 Å². The number of nitrogens with zero attached hydrogens (tertiary/aromatic N) is 2. The van der Waals surface area contributed by atoms with E-state index in [1.807, 2.05) is 30.3 Å². The molecule has 0 aliphatic carbocycles. The third kappa shape index (κ3) is 3.51. The summed E-state index contributed by atoms with van der Waals surface area (Å²) >= 11 is 0. The van der Waals surface area contributed by atoms with E-state index >= 15 is 0 Å². The fourth-order valence-corrected chi connectivity index (χ4v) is 1.62. The predicted octanol–water partition coefficient (Wildman–Crippen LogP) is 2.02. The molecule has 1 amide bonds. The molecule has 1 heterocycles. The van der Waals surface area contributed by atoms with Crippen molar-refractivity contribution >= 4 is 5.91 Å². The van der Waals surface area contributed by atoms with Gasteiger partial charge in [-0.1, -0.05) is 42.1 Å². The van der Waals surface area contributed by atoms with Gasteiger partial charge in [0.2, 0.25) is 11.8 Å². The van der Waals surface area contributed by atoms with Crippen LogP contribution in [0.1, 0.15) is 30.2 Å². The van der Waals surface area contributed by atoms with Crippen molar-refractivity contribution in [1.29, 1.82) is 0 Å². The van der Waals surface area contributed by atoms with E-state index in [1.165, 1.54) is 6.08 Å². The molecule has 2 aromatic rings. The van der Waals surface area contributed by atoms with E-state index in [4.69, 9.17) is 4.52 Å². The molecule has 1 unspecified atom stereocenters. The summed E-state index contributed by atoms with van der Waals surface area (Å²) in [6.07, 6.45) is 1.79. The molecule has 1 aromatic heterocycles. The Morgan fingerprint density at radius 1 is 1.47 bits per heavy atom. The van der Waals surface area contributed by atoms with Gasteiger partial charge in [0.1, 0.15) is 0 Å². The van der Waals surface area contributed by atoms with Crippen molar-refractivity contribution in [2.45, 2.75) is 19.4 Å². The quantitative estimate of drug-likeness (QED) is 0.832. The number of hydrogen-bond acceptors (Lipinski definition) is 4. The van der Waals surface area contributed by atoms with Gasteiger partial charge in [0, 0.05) is 0 Å². The molecule has 1 N–H and O–H groups in total. The predicted molar refractivity (Wildman–Crippen MR) is 70.3 cm³/mol. The molecule has 5 heteroatoms. The molecule has 0 radical (unpaired) electrons. The van der Waals surface area contributed by atoms with Crippen molar-refractivity contribution in [1.82, 2.24) is 15.5 Å². The Hall–Kier alpha value is -2.43. The van der Waals surface area contributed by atoms with Crippen molar-refractivity contribution in [2.24, 2.45) is 0 Å². The van der Waals surface area contributed by atoms with Crippen LogP contribution in [0.25, 0.3) is 0 Å². The Bertz CT molecular complexity index is 563. The Balaban J connectivity index is 2.02. The minimum Gasteiger partial charge on any atom is -0.343 e. The van der Waals surface area contributed by atoms with Crippen molar-refractivity contribution in [3.63, 3.8) is 0 Å². The second kappa shape index (κ2) is 5.95. The molecule has 0 spiro atoms. The van der Waals surface area contributed by atoms with Crippen molar-refractivity contribution in [2.75, 3.05) is 0 Å². The molecule has 1 aromatic carbocycles. The first-order valence-electron chi connectivity index (χ1n) is 5.98. The summed E-state index contributed by atoms with van der Waals surface area (Å²) in [6.45, 7) is 5.18. The number of rotatable bonds is 5. The molecule has 2 rings (SSSR count). The summed E-state index contributed by atoms with van der Waals surface area (Å²) in [7, 11) is 0. The normalized spacial score (nSPS) is 11.8. The van der Waals surface area contributed by atoms with Crippen LogP contribution in [0.2, 0.25) is 0 Å². The zero-order valence-electron chi connectivity index (χ0n) is 10.7. The van der Waals surface area contributed by atoms with E-state index < -0.39 is 0 Å². The van der Waals surface area contributed by atoms with E-state index in [0.717, 1.165) is 5.56 Å². The first kappa shape index (κ1) is 13.0. The van der Waals surface area contributed by atoms with Crippen LogP contribution < -0.4 is 5.32 Å². The van der Waals surface area contributed by atoms with Gasteiger partial charge in [-0.3, -0.25) is 4.79 Å². The lowest BCUT2D eigenvalue weighted by molar-refractivity contribution is -0.117. The van der Waals surface area contributed by atoms with E-state index in [9.17, 15) is 4.79 Å². The number of benzene rings is 1. The maximum atomic E-state index is 11.2. The molecular weight excluding hydrogens is 242 g/mol. The van der Waals surface area contributed by atoms with Crippen molar-refractivity contribution in [3.05, 3.63) is 60.3 Å². The zero-order valence-corrected chi connectivity index (χ0v) is 10.7. The highest BCUT2D eigenvalue weighted by atomic mass is 16.5. The SMILES string of the molecule is C=CC(=O)NC(C)c1noc(Cc2ccccc2)n1. The van der Waals surface area contributed by atoms with Crippen LogP contribution >= 0.6 is 0 Å². The highest BCUT2D eigenvalue weighted by Gasteiger charge is 2.14. The minimum atomic E-state index is -0.307. The van der Waals surface area contributed by atoms with Gasteiger partial charge in [0.05, 0.1) is 12.5 Å². The third-order valence-corrected chi connectivity index (χ3v) is 2.61. The number of aromatic nitrogens is 2. The first-order chi connectivity index (χ1) is 9.19. The average Bonchev–Trinajstić information content (AvgIpc) is 2.88. The highest BCUT2D eigenvalue weighted by molar-refractivity contribution is 5.87. The van der Waals surface area contributed by atoms with Gasteiger partial charge in [-0.2, -0.15) is 4.98 Å². The average molecular weight is 257 g/mol. The molecule has 0 aliphatic heterocycles. The van der Waals surface area contributed by atoms with Crippen LogP contribution in [-0.2, 0) is 11.2 Å². The molecular formula is C14H15N3O2. The first-order valence-corrected chi connectivity index (χ1v) is 5.98. The minimum absolute atomic E-state index is 0.262. The lowest BCUT2D eigenvalue weighted by atomic mass is 10.1. The Morgan fingerprint density at radius 3 is 2.89 bits per heavy atom. The van der Waals surface area contributed by atoms with E-state index in [0.29, 0.717) is 18.1 Å². The summed E-state index contributed by atoms with van der Waals surface area (Å²) < 4.78 is 5.17. The lowest BCUT2D eigenvalue weighted by Gasteiger charge is -2.06. The van der Waals surface area contributed by atoms with Gasteiger partial charge in [-0.05, 0) is 18.6 Å². The molecule has 0 fully saturated rings. The number of amides is 1. The van der Waals surface area contributed by atoms with Gasteiger partial charge in [0.25, 0.3) is 0 Å². The van der Waals surface area contributed by atoms with Crippen LogP contribution in [0.4, 0.5) is 0 Å². The molecule has 1 atom stereocenters. The Morgan fingerprint density at radius 2 is 2.21 bits per heavy atom. The maximum absolute atomic E-state index is 11.2. The lowest BCUT2D eigenvalue weighted by Crippen LogP contribution is -2.25. The van der Waals surface area contributed by atoms with Crippen LogP contribution in [0.3, 0.4) is 0 Å². The highest BCUT2D eigenvalue weighted by Crippen LogP contribution is 2.11. The summed E-state index contributed by atoms with van der Waals surface area (Å²) in [5, 5.41) is 6.55. The van der Waals surface area contributed by atoms with Crippen LogP contribution in [0, 0.1) is 0 Å². The summed E-state index contributed by atoms with van der Waals surface area (Å²) in [5.74, 6) is 0.726. The Kier molecular flexibility index (Phi) is 4.07. The van der Waals surface area contributed by atoms with Crippen LogP contribution in [0.5, 0.6) is 0 Å². The second-order valence-corrected chi connectivity index (χ2v) is 4.14. The fourth-order valence-electron chi connectivity index (χ4n) is 1.62. The maximum Gasteiger partial charge on any atom is 0.243 e. The van der Waals surface area contributed by atoms with Crippen molar-refractivity contribution < 1.29 is 9.32 Å². The fraction of sp³-hybridized carbons (Fsp3) is 0.214. The van der Waals surface area contributed by atoms with Gasteiger partial charge in [0.15, 0.2) is 5.82 Å². The summed E-state index contributed by atoms with van der Waals surface area (Å²) in [4.78, 5) is 15.4. The topological polar surface area (TPSA) is 68.0 Å². The molecule has 0 saturated carbocycles. The molecule has 98 valence electrons.